The maximum atomic E-state index is 5.93. The molecule has 0 radical (unpaired) electrons. The van der Waals surface area contributed by atoms with Crippen LogP contribution in [-0.2, 0) is 6.54 Å². The first-order valence-corrected chi connectivity index (χ1v) is 5.79. The predicted molar refractivity (Wildman–Crippen MR) is 69.9 cm³/mol. The minimum Gasteiger partial charge on any atom is -0.481 e. The molecular weight excluding hydrogens is 252 g/mol. The summed E-state index contributed by atoms with van der Waals surface area (Å²) in [6, 6.07) is 3.80. The molecule has 0 saturated heterocycles. The molecule has 0 aliphatic carbocycles. The number of methoxy groups -OCH3 is 1. The van der Waals surface area contributed by atoms with Crippen LogP contribution < -0.4 is 10.1 Å². The van der Waals surface area contributed by atoms with Gasteiger partial charge in [-0.15, -0.1) is 0 Å². The van der Waals surface area contributed by atoms with Crippen LogP contribution in [0.1, 0.15) is 11.1 Å². The van der Waals surface area contributed by atoms with E-state index >= 15 is 0 Å². The van der Waals surface area contributed by atoms with E-state index in [-0.39, 0.29) is 0 Å². The Hall–Kier alpha value is -1.88. The zero-order valence-electron chi connectivity index (χ0n) is 10.1. The number of hydrogen-bond donors (Lipinski definition) is 1. The summed E-state index contributed by atoms with van der Waals surface area (Å²) in [6.07, 6.45) is 3.12. The molecule has 5 nitrogen and oxygen atoms in total. The fourth-order valence-corrected chi connectivity index (χ4v) is 1.66. The zero-order valence-corrected chi connectivity index (χ0v) is 10.9. The highest BCUT2D eigenvalue weighted by Gasteiger charge is 2.07. The second kappa shape index (κ2) is 5.64. The Morgan fingerprint density at radius 3 is 2.94 bits per heavy atom. The lowest BCUT2D eigenvalue weighted by Gasteiger charge is -2.10. The summed E-state index contributed by atoms with van der Waals surface area (Å²) >= 11 is 5.93. The van der Waals surface area contributed by atoms with Crippen molar-refractivity contribution >= 4 is 17.4 Å². The number of halogens is 1. The van der Waals surface area contributed by atoms with Gasteiger partial charge in [0.15, 0.2) is 0 Å². The molecule has 2 aromatic heterocycles. The van der Waals surface area contributed by atoms with E-state index in [1.54, 1.807) is 13.3 Å². The van der Waals surface area contributed by atoms with Crippen molar-refractivity contribution in [3.63, 3.8) is 0 Å². The number of ether oxygens (including phenoxy) is 1. The molecule has 0 amide bonds. The number of anilines is 1. The molecule has 94 valence electrons. The molecule has 2 rings (SSSR count). The molecule has 6 heteroatoms. The van der Waals surface area contributed by atoms with Crippen molar-refractivity contribution in [2.24, 2.45) is 0 Å². The predicted octanol–water partition coefficient (Wildman–Crippen LogP) is 2.45. The molecule has 0 saturated carbocycles. The van der Waals surface area contributed by atoms with Crippen LogP contribution >= 0.6 is 11.6 Å². The first kappa shape index (κ1) is 12.6. The number of hydrogen-bond acceptors (Lipinski definition) is 5. The summed E-state index contributed by atoms with van der Waals surface area (Å²) in [7, 11) is 1.60. The first-order chi connectivity index (χ1) is 8.72. The minimum absolute atomic E-state index is 0.450. The van der Waals surface area contributed by atoms with Gasteiger partial charge in [0, 0.05) is 23.9 Å². The van der Waals surface area contributed by atoms with Crippen LogP contribution in [0.25, 0.3) is 0 Å². The standard InChI is InChI=1S/C12H13ClN4O/c1-8-10(13)16-7-17-11(8)15-6-9-4-3-5-14-12(9)18-2/h3-5,7H,6H2,1-2H3,(H,15,16,17). The van der Waals surface area contributed by atoms with Gasteiger partial charge in [-0.05, 0) is 13.0 Å². The second-order valence-electron chi connectivity index (χ2n) is 3.66. The number of pyridine rings is 1. The largest absolute Gasteiger partial charge is 0.481 e. The Morgan fingerprint density at radius 2 is 2.17 bits per heavy atom. The van der Waals surface area contributed by atoms with Gasteiger partial charge in [0.05, 0.1) is 7.11 Å². The van der Waals surface area contributed by atoms with Gasteiger partial charge in [-0.25, -0.2) is 15.0 Å². The molecular formula is C12H13ClN4O. The van der Waals surface area contributed by atoms with Gasteiger partial charge < -0.3 is 10.1 Å². The Morgan fingerprint density at radius 1 is 1.33 bits per heavy atom. The SMILES string of the molecule is COc1ncccc1CNc1ncnc(Cl)c1C. The molecule has 0 aliphatic rings. The van der Waals surface area contributed by atoms with Crippen molar-refractivity contribution < 1.29 is 4.74 Å². The van der Waals surface area contributed by atoms with Crippen LogP contribution in [-0.4, -0.2) is 22.1 Å². The molecule has 2 aromatic rings. The van der Waals surface area contributed by atoms with E-state index in [2.05, 4.69) is 20.3 Å². The molecule has 18 heavy (non-hydrogen) atoms. The van der Waals surface area contributed by atoms with E-state index in [1.165, 1.54) is 6.33 Å². The first-order valence-electron chi connectivity index (χ1n) is 5.41. The summed E-state index contributed by atoms with van der Waals surface area (Å²) in [4.78, 5) is 12.2. The van der Waals surface area contributed by atoms with Crippen molar-refractivity contribution in [1.82, 2.24) is 15.0 Å². The van der Waals surface area contributed by atoms with E-state index in [0.717, 1.165) is 11.1 Å². The molecule has 1 N–H and O–H groups in total. The third kappa shape index (κ3) is 2.68. The lowest BCUT2D eigenvalue weighted by molar-refractivity contribution is 0.393. The van der Waals surface area contributed by atoms with Gasteiger partial charge in [0.1, 0.15) is 17.3 Å². The molecule has 2 heterocycles. The van der Waals surface area contributed by atoms with Gasteiger partial charge in [0.25, 0.3) is 0 Å². The van der Waals surface area contributed by atoms with Gasteiger partial charge in [-0.1, -0.05) is 17.7 Å². The minimum atomic E-state index is 0.450. The van der Waals surface area contributed by atoms with E-state index < -0.39 is 0 Å². The lowest BCUT2D eigenvalue weighted by atomic mass is 10.2. The quantitative estimate of drug-likeness (QED) is 0.860. The van der Waals surface area contributed by atoms with Crippen LogP contribution in [0.3, 0.4) is 0 Å². The number of rotatable bonds is 4. The number of nitrogens with one attached hydrogen (secondary N) is 1. The number of nitrogens with zero attached hydrogens (tertiary/aromatic N) is 3. The molecule has 0 aromatic carbocycles. The van der Waals surface area contributed by atoms with Crippen molar-refractivity contribution in [1.29, 1.82) is 0 Å². The average molecular weight is 265 g/mol. The van der Waals surface area contributed by atoms with Crippen molar-refractivity contribution in [2.75, 3.05) is 12.4 Å². The van der Waals surface area contributed by atoms with Crippen molar-refractivity contribution in [3.05, 3.63) is 40.9 Å². The maximum absolute atomic E-state index is 5.93. The Bertz CT molecular complexity index is 547. The zero-order chi connectivity index (χ0) is 13.0. The van der Waals surface area contributed by atoms with E-state index in [4.69, 9.17) is 16.3 Å². The van der Waals surface area contributed by atoms with Gasteiger partial charge >= 0.3 is 0 Å². The highest BCUT2D eigenvalue weighted by Crippen LogP contribution is 2.20. The second-order valence-corrected chi connectivity index (χ2v) is 4.02. The molecule has 0 spiro atoms. The summed E-state index contributed by atoms with van der Waals surface area (Å²) in [5, 5.41) is 3.64. The summed E-state index contributed by atoms with van der Waals surface area (Å²) in [5.74, 6) is 1.31. The van der Waals surface area contributed by atoms with Crippen LogP contribution in [0.15, 0.2) is 24.7 Å². The highest BCUT2D eigenvalue weighted by atomic mass is 35.5. The number of aromatic nitrogens is 3. The van der Waals surface area contributed by atoms with Crippen LogP contribution in [0.4, 0.5) is 5.82 Å². The Labute approximate surface area is 110 Å². The Balaban J connectivity index is 2.14. The van der Waals surface area contributed by atoms with Crippen LogP contribution in [0.5, 0.6) is 5.88 Å². The molecule has 0 bridgehead atoms. The average Bonchev–Trinajstić information content (AvgIpc) is 2.41. The summed E-state index contributed by atoms with van der Waals surface area (Å²) < 4.78 is 5.18. The van der Waals surface area contributed by atoms with Gasteiger partial charge in [0.2, 0.25) is 5.88 Å². The van der Waals surface area contributed by atoms with E-state index in [0.29, 0.717) is 23.4 Å². The molecule has 0 unspecified atom stereocenters. The summed E-state index contributed by atoms with van der Waals surface area (Å²) in [5.41, 5.74) is 1.77. The third-order valence-corrected chi connectivity index (χ3v) is 2.89. The van der Waals surface area contributed by atoms with Crippen LogP contribution in [0.2, 0.25) is 5.15 Å². The molecule has 0 aliphatic heterocycles. The highest BCUT2D eigenvalue weighted by molar-refractivity contribution is 6.30. The molecule has 0 atom stereocenters. The van der Waals surface area contributed by atoms with Gasteiger partial charge in [-0.3, -0.25) is 0 Å². The Kier molecular flexibility index (Phi) is 3.94. The van der Waals surface area contributed by atoms with Crippen molar-refractivity contribution in [3.8, 4) is 5.88 Å². The van der Waals surface area contributed by atoms with Crippen LogP contribution in [0, 0.1) is 6.92 Å². The van der Waals surface area contributed by atoms with E-state index in [1.807, 2.05) is 19.1 Å². The molecule has 0 fully saturated rings. The smallest absolute Gasteiger partial charge is 0.218 e. The van der Waals surface area contributed by atoms with Crippen molar-refractivity contribution in [2.45, 2.75) is 13.5 Å². The lowest BCUT2D eigenvalue weighted by Crippen LogP contribution is -2.06. The fraction of sp³-hybridized carbons (Fsp3) is 0.250. The maximum Gasteiger partial charge on any atom is 0.218 e. The van der Waals surface area contributed by atoms with Gasteiger partial charge in [-0.2, -0.15) is 0 Å². The fourth-order valence-electron chi connectivity index (χ4n) is 1.53. The normalized spacial score (nSPS) is 10.2. The van der Waals surface area contributed by atoms with E-state index in [9.17, 15) is 0 Å². The third-order valence-electron chi connectivity index (χ3n) is 2.51. The summed E-state index contributed by atoms with van der Waals surface area (Å²) in [6.45, 7) is 2.43. The topological polar surface area (TPSA) is 59.9 Å². The monoisotopic (exact) mass is 264 g/mol.